The minimum absolute atomic E-state index is 0.00958. The molecule has 0 aromatic heterocycles. The van der Waals surface area contributed by atoms with Gasteiger partial charge in [-0.15, -0.1) is 0 Å². The van der Waals surface area contributed by atoms with Crippen molar-refractivity contribution in [3.63, 3.8) is 0 Å². The number of halogens is 1. The molecule has 0 heterocycles. The molecule has 0 aliphatic heterocycles. The van der Waals surface area contributed by atoms with E-state index in [1.165, 1.54) is 0 Å². The minimum Gasteiger partial charge on any atom is -0.494 e. The maximum Gasteiger partial charge on any atom is 0.115 e. The first-order valence-electron chi connectivity index (χ1n) is 8.18. The molecular formula is C21H27BrO2. The van der Waals surface area contributed by atoms with E-state index >= 15 is 0 Å². The first kappa shape index (κ1) is 20.3. The summed E-state index contributed by atoms with van der Waals surface area (Å²) in [6.07, 6.45) is 11.9. The number of rotatable bonds is 9. The van der Waals surface area contributed by atoms with Gasteiger partial charge in [-0.25, -0.2) is 0 Å². The van der Waals surface area contributed by atoms with Crippen molar-refractivity contribution in [1.82, 2.24) is 0 Å². The molecule has 2 atom stereocenters. The second-order valence-corrected chi connectivity index (χ2v) is 6.93. The van der Waals surface area contributed by atoms with Gasteiger partial charge in [0.15, 0.2) is 0 Å². The van der Waals surface area contributed by atoms with E-state index in [1.54, 1.807) is 0 Å². The van der Waals surface area contributed by atoms with E-state index in [0.717, 1.165) is 17.1 Å². The molecule has 0 saturated heterocycles. The summed E-state index contributed by atoms with van der Waals surface area (Å²) < 4.78 is 11.6. The predicted molar refractivity (Wildman–Crippen MR) is 106 cm³/mol. The van der Waals surface area contributed by atoms with Crippen LogP contribution in [0.2, 0.25) is 0 Å². The van der Waals surface area contributed by atoms with Crippen molar-refractivity contribution >= 4 is 15.9 Å². The van der Waals surface area contributed by atoms with Crippen molar-refractivity contribution < 1.29 is 9.47 Å². The van der Waals surface area contributed by atoms with Crippen LogP contribution in [0.15, 0.2) is 78.3 Å². The third-order valence-corrected chi connectivity index (χ3v) is 3.46. The van der Waals surface area contributed by atoms with Gasteiger partial charge in [-0.3, -0.25) is 0 Å². The summed E-state index contributed by atoms with van der Waals surface area (Å²) in [5.41, 5.74) is 1.16. The van der Waals surface area contributed by atoms with E-state index in [9.17, 15) is 0 Å². The van der Waals surface area contributed by atoms with Crippen LogP contribution in [0.5, 0.6) is 0 Å². The fraction of sp³-hybridized carbons (Fsp3) is 0.333. The zero-order valence-electron chi connectivity index (χ0n) is 14.9. The maximum atomic E-state index is 5.86. The second-order valence-electron chi connectivity index (χ2n) is 5.49. The van der Waals surface area contributed by atoms with Gasteiger partial charge in [0, 0.05) is 4.83 Å². The van der Waals surface area contributed by atoms with Crippen LogP contribution in [0.3, 0.4) is 0 Å². The molecule has 0 amide bonds. The molecule has 24 heavy (non-hydrogen) atoms. The standard InChI is InChI=1S/C21H27BrO2/c1-5-21(15-14-17(2)22)24-19(4)11-9-10-18(3)23-16-20-12-7-6-8-13-20/h5-15,17,19H,16H2,1-4H3/b11-9?,15-14-,18-10+,21-5+. The zero-order valence-corrected chi connectivity index (χ0v) is 16.5. The first-order valence-corrected chi connectivity index (χ1v) is 9.10. The lowest BCUT2D eigenvalue weighted by Gasteiger charge is -2.11. The Labute approximate surface area is 154 Å². The van der Waals surface area contributed by atoms with Crippen molar-refractivity contribution in [2.45, 2.75) is 45.2 Å². The summed E-state index contributed by atoms with van der Waals surface area (Å²) >= 11 is 3.48. The molecule has 0 fully saturated rings. The molecule has 2 nitrogen and oxygen atoms in total. The molecule has 0 bridgehead atoms. The average molecular weight is 391 g/mol. The monoisotopic (exact) mass is 390 g/mol. The van der Waals surface area contributed by atoms with Crippen LogP contribution in [-0.2, 0) is 16.1 Å². The Balaban J connectivity index is 2.43. The number of alkyl halides is 1. The highest BCUT2D eigenvalue weighted by molar-refractivity contribution is 9.09. The molecule has 0 aliphatic rings. The number of ether oxygens (including phenoxy) is 2. The molecule has 0 N–H and O–H groups in total. The van der Waals surface area contributed by atoms with Gasteiger partial charge in [-0.1, -0.05) is 58.4 Å². The second kappa shape index (κ2) is 11.7. The van der Waals surface area contributed by atoms with Crippen LogP contribution in [0.4, 0.5) is 0 Å². The minimum atomic E-state index is -0.00958. The zero-order chi connectivity index (χ0) is 17.8. The van der Waals surface area contributed by atoms with E-state index in [0.29, 0.717) is 11.4 Å². The fourth-order valence-electron chi connectivity index (χ4n) is 1.85. The maximum absolute atomic E-state index is 5.86. The van der Waals surface area contributed by atoms with Crippen LogP contribution >= 0.6 is 15.9 Å². The Bertz CT molecular complexity index is 583. The summed E-state index contributed by atoms with van der Waals surface area (Å²) in [4.78, 5) is 0.328. The highest BCUT2D eigenvalue weighted by atomic mass is 79.9. The lowest BCUT2D eigenvalue weighted by atomic mass is 10.2. The fourth-order valence-corrected chi connectivity index (χ4v) is 2.00. The molecule has 1 aromatic rings. The quantitative estimate of drug-likeness (QED) is 0.279. The lowest BCUT2D eigenvalue weighted by molar-refractivity contribution is 0.180. The molecule has 0 radical (unpaired) electrons. The number of allylic oxidation sites excluding steroid dienone is 6. The van der Waals surface area contributed by atoms with E-state index in [-0.39, 0.29) is 6.10 Å². The lowest BCUT2D eigenvalue weighted by Crippen LogP contribution is -2.03. The summed E-state index contributed by atoms with van der Waals surface area (Å²) in [6, 6.07) is 10.1. The molecule has 0 spiro atoms. The van der Waals surface area contributed by atoms with E-state index in [4.69, 9.17) is 9.47 Å². The molecule has 2 unspecified atom stereocenters. The van der Waals surface area contributed by atoms with Gasteiger partial charge in [0.2, 0.25) is 0 Å². The summed E-state index contributed by atoms with van der Waals surface area (Å²) in [7, 11) is 0. The van der Waals surface area contributed by atoms with Crippen LogP contribution in [0.25, 0.3) is 0 Å². The highest BCUT2D eigenvalue weighted by Gasteiger charge is 1.99. The molecule has 0 aliphatic carbocycles. The van der Waals surface area contributed by atoms with E-state index in [1.807, 2.05) is 75.4 Å². The molecular weight excluding hydrogens is 364 g/mol. The Kier molecular flexibility index (Phi) is 9.94. The molecule has 0 saturated carbocycles. The van der Waals surface area contributed by atoms with Gasteiger partial charge in [0.1, 0.15) is 18.5 Å². The Morgan fingerprint density at radius 1 is 1.17 bits per heavy atom. The van der Waals surface area contributed by atoms with Gasteiger partial charge in [0.25, 0.3) is 0 Å². The van der Waals surface area contributed by atoms with E-state index in [2.05, 4.69) is 35.0 Å². The van der Waals surface area contributed by atoms with Crippen molar-refractivity contribution in [2.24, 2.45) is 0 Å². The molecule has 1 aromatic carbocycles. The van der Waals surface area contributed by atoms with Crippen LogP contribution in [0, 0.1) is 0 Å². The first-order chi connectivity index (χ1) is 11.5. The van der Waals surface area contributed by atoms with Crippen molar-refractivity contribution in [3.8, 4) is 0 Å². The molecule has 3 heteroatoms. The Hall–Kier alpha value is -1.74. The van der Waals surface area contributed by atoms with Crippen LogP contribution in [-0.4, -0.2) is 10.9 Å². The third kappa shape index (κ3) is 9.41. The number of hydrogen-bond donors (Lipinski definition) is 0. The Morgan fingerprint density at radius 2 is 1.88 bits per heavy atom. The van der Waals surface area contributed by atoms with Crippen LogP contribution in [0.1, 0.15) is 33.3 Å². The van der Waals surface area contributed by atoms with Gasteiger partial charge in [-0.05, 0) is 57.6 Å². The highest BCUT2D eigenvalue weighted by Crippen LogP contribution is 2.09. The Morgan fingerprint density at radius 3 is 2.50 bits per heavy atom. The average Bonchev–Trinajstić information content (AvgIpc) is 2.57. The topological polar surface area (TPSA) is 18.5 Å². The third-order valence-electron chi connectivity index (χ3n) is 3.15. The van der Waals surface area contributed by atoms with Crippen molar-refractivity contribution in [2.75, 3.05) is 0 Å². The predicted octanol–water partition coefficient (Wildman–Crippen LogP) is 6.31. The largest absolute Gasteiger partial charge is 0.494 e. The van der Waals surface area contributed by atoms with Crippen molar-refractivity contribution in [3.05, 3.63) is 83.9 Å². The van der Waals surface area contributed by atoms with Gasteiger partial charge >= 0.3 is 0 Å². The van der Waals surface area contributed by atoms with Crippen LogP contribution < -0.4 is 0 Å². The summed E-state index contributed by atoms with van der Waals surface area (Å²) in [6.45, 7) is 8.59. The van der Waals surface area contributed by atoms with Gasteiger partial charge in [0.05, 0.1) is 5.76 Å². The SMILES string of the molecule is C/C=C(\C=C/C(C)Br)OC(C)C=C/C=C(\C)OCc1ccccc1. The number of hydrogen-bond acceptors (Lipinski definition) is 2. The molecule has 130 valence electrons. The summed E-state index contributed by atoms with van der Waals surface area (Å²) in [5, 5.41) is 0. The van der Waals surface area contributed by atoms with Gasteiger partial charge in [-0.2, -0.15) is 0 Å². The number of benzene rings is 1. The smallest absolute Gasteiger partial charge is 0.115 e. The van der Waals surface area contributed by atoms with Gasteiger partial charge < -0.3 is 9.47 Å². The molecule has 1 rings (SSSR count). The normalized spacial score (nSPS) is 15.7. The van der Waals surface area contributed by atoms with E-state index < -0.39 is 0 Å². The van der Waals surface area contributed by atoms with Crippen molar-refractivity contribution in [1.29, 1.82) is 0 Å². The summed E-state index contributed by atoms with van der Waals surface area (Å²) in [5.74, 6) is 1.74.